The van der Waals surface area contributed by atoms with Gasteiger partial charge in [-0.1, -0.05) is 35.3 Å². The van der Waals surface area contributed by atoms with Crippen LogP contribution in [0.4, 0.5) is 0 Å². The van der Waals surface area contributed by atoms with Gasteiger partial charge in [0, 0.05) is 20.7 Å². The molecule has 1 nitrogen and oxygen atoms in total. The average molecular weight is 328 g/mol. The Morgan fingerprint density at radius 2 is 2.28 bits per heavy atom. The molecule has 2 atom stereocenters. The molecule has 2 unspecified atom stereocenters. The van der Waals surface area contributed by atoms with E-state index >= 15 is 0 Å². The number of nitrogens with one attached hydrogen (secondary N) is 1. The maximum absolute atomic E-state index is 3.68. The van der Waals surface area contributed by atoms with E-state index in [2.05, 4.69) is 52.4 Å². The van der Waals surface area contributed by atoms with E-state index in [1.807, 2.05) is 11.8 Å². The zero-order valence-electron chi connectivity index (χ0n) is 11.0. The summed E-state index contributed by atoms with van der Waals surface area (Å²) < 4.78 is 1.18. The zero-order chi connectivity index (χ0) is 12.8. The summed E-state index contributed by atoms with van der Waals surface area (Å²) in [6.45, 7) is 3.41. The molecule has 0 saturated heterocycles. The van der Waals surface area contributed by atoms with Gasteiger partial charge in [-0.3, -0.25) is 0 Å². The lowest BCUT2D eigenvalue weighted by Gasteiger charge is -2.29. The number of rotatable bonds is 5. The highest BCUT2D eigenvalue weighted by atomic mass is 79.9. The van der Waals surface area contributed by atoms with E-state index < -0.39 is 0 Å². The minimum atomic E-state index is 0.739. The van der Waals surface area contributed by atoms with Crippen LogP contribution in [0.25, 0.3) is 0 Å². The minimum absolute atomic E-state index is 0.739. The van der Waals surface area contributed by atoms with Crippen molar-refractivity contribution in [2.24, 2.45) is 0 Å². The van der Waals surface area contributed by atoms with Crippen LogP contribution >= 0.6 is 27.7 Å². The molecule has 0 heterocycles. The molecule has 2 rings (SSSR count). The maximum atomic E-state index is 3.68. The Morgan fingerprint density at radius 1 is 1.39 bits per heavy atom. The summed E-state index contributed by atoms with van der Waals surface area (Å²) in [6.07, 6.45) is 6.64. The molecular weight excluding hydrogens is 306 g/mol. The second-order valence-electron chi connectivity index (χ2n) is 5.01. The van der Waals surface area contributed by atoms with E-state index in [4.69, 9.17) is 0 Å². The molecule has 0 amide bonds. The molecule has 1 saturated carbocycles. The summed E-state index contributed by atoms with van der Waals surface area (Å²) in [7, 11) is 0. The Kier molecular flexibility index (Phi) is 6.06. The van der Waals surface area contributed by atoms with Gasteiger partial charge in [-0.2, -0.15) is 0 Å². The molecule has 1 aromatic carbocycles. The van der Waals surface area contributed by atoms with Gasteiger partial charge in [0.1, 0.15) is 0 Å². The monoisotopic (exact) mass is 327 g/mol. The third kappa shape index (κ3) is 4.60. The topological polar surface area (TPSA) is 12.0 Å². The first-order valence-corrected chi connectivity index (χ1v) is 8.61. The Hall–Kier alpha value is 0.01000. The molecule has 0 radical (unpaired) electrons. The summed E-state index contributed by atoms with van der Waals surface area (Å²) in [6, 6.07) is 9.41. The third-order valence-electron chi connectivity index (χ3n) is 3.41. The second-order valence-corrected chi connectivity index (χ2v) is 7.30. The van der Waals surface area contributed by atoms with Crippen molar-refractivity contribution in [3.8, 4) is 0 Å². The minimum Gasteiger partial charge on any atom is -0.314 e. The fourth-order valence-corrected chi connectivity index (χ4v) is 4.42. The number of hydrogen-bond donors (Lipinski definition) is 1. The molecule has 1 aliphatic carbocycles. The number of benzene rings is 1. The van der Waals surface area contributed by atoms with Crippen molar-refractivity contribution in [1.29, 1.82) is 0 Å². The lowest BCUT2D eigenvalue weighted by molar-refractivity contribution is 0.381. The molecule has 1 aromatic rings. The normalized spacial score (nSPS) is 24.1. The van der Waals surface area contributed by atoms with Crippen molar-refractivity contribution in [3.05, 3.63) is 28.7 Å². The van der Waals surface area contributed by atoms with Crippen LogP contribution in [0.3, 0.4) is 0 Å². The van der Waals surface area contributed by atoms with Crippen LogP contribution in [-0.4, -0.2) is 17.8 Å². The van der Waals surface area contributed by atoms with Crippen LogP contribution in [0.1, 0.15) is 39.0 Å². The molecule has 1 N–H and O–H groups in total. The predicted octanol–water partition coefficient (Wildman–Crippen LogP) is 4.85. The van der Waals surface area contributed by atoms with Crippen molar-refractivity contribution in [2.75, 3.05) is 6.54 Å². The van der Waals surface area contributed by atoms with Crippen molar-refractivity contribution < 1.29 is 0 Å². The van der Waals surface area contributed by atoms with E-state index in [-0.39, 0.29) is 0 Å². The van der Waals surface area contributed by atoms with Gasteiger partial charge in [0.15, 0.2) is 0 Å². The highest BCUT2D eigenvalue weighted by Crippen LogP contribution is 2.34. The summed E-state index contributed by atoms with van der Waals surface area (Å²) in [4.78, 5) is 1.39. The first-order valence-electron chi connectivity index (χ1n) is 6.93. The molecule has 0 bridgehead atoms. The van der Waals surface area contributed by atoms with Gasteiger partial charge >= 0.3 is 0 Å². The molecular formula is C15H22BrNS. The van der Waals surface area contributed by atoms with Crippen LogP contribution in [-0.2, 0) is 0 Å². The molecule has 18 heavy (non-hydrogen) atoms. The fourth-order valence-electron chi connectivity index (χ4n) is 2.52. The SMILES string of the molecule is CCCNC1CCCC(Sc2cccc(Br)c2)C1. The van der Waals surface area contributed by atoms with E-state index in [1.165, 1.54) is 48.0 Å². The maximum Gasteiger partial charge on any atom is 0.0186 e. The van der Waals surface area contributed by atoms with Crippen LogP contribution in [0.15, 0.2) is 33.6 Å². The van der Waals surface area contributed by atoms with Crippen molar-refractivity contribution >= 4 is 27.7 Å². The molecule has 1 fully saturated rings. The van der Waals surface area contributed by atoms with Gasteiger partial charge in [-0.15, -0.1) is 11.8 Å². The smallest absolute Gasteiger partial charge is 0.0186 e. The molecule has 0 aromatic heterocycles. The van der Waals surface area contributed by atoms with Gasteiger partial charge in [-0.05, 0) is 50.4 Å². The number of halogens is 1. The van der Waals surface area contributed by atoms with Crippen molar-refractivity contribution in [2.45, 2.75) is 55.2 Å². The highest BCUT2D eigenvalue weighted by Gasteiger charge is 2.22. The van der Waals surface area contributed by atoms with Crippen LogP contribution in [0.2, 0.25) is 0 Å². The summed E-state index contributed by atoms with van der Waals surface area (Å²) in [5, 5.41) is 4.46. The highest BCUT2D eigenvalue weighted by molar-refractivity contribution is 9.10. The van der Waals surface area contributed by atoms with E-state index in [1.54, 1.807) is 0 Å². The number of thioether (sulfide) groups is 1. The van der Waals surface area contributed by atoms with Gasteiger partial charge in [0.25, 0.3) is 0 Å². The van der Waals surface area contributed by atoms with Gasteiger partial charge in [0.05, 0.1) is 0 Å². The van der Waals surface area contributed by atoms with E-state index in [0.717, 1.165) is 11.3 Å². The Morgan fingerprint density at radius 3 is 3.06 bits per heavy atom. The summed E-state index contributed by atoms with van der Waals surface area (Å²) in [5.41, 5.74) is 0. The van der Waals surface area contributed by atoms with Crippen molar-refractivity contribution in [3.63, 3.8) is 0 Å². The largest absolute Gasteiger partial charge is 0.314 e. The van der Waals surface area contributed by atoms with E-state index in [0.29, 0.717) is 0 Å². The van der Waals surface area contributed by atoms with E-state index in [9.17, 15) is 0 Å². The first-order chi connectivity index (χ1) is 8.78. The Balaban J connectivity index is 1.85. The molecule has 3 heteroatoms. The quantitative estimate of drug-likeness (QED) is 0.829. The van der Waals surface area contributed by atoms with Gasteiger partial charge < -0.3 is 5.32 Å². The molecule has 0 spiro atoms. The molecule has 100 valence electrons. The Bertz CT molecular complexity index is 369. The predicted molar refractivity (Wildman–Crippen MR) is 84.3 cm³/mol. The number of hydrogen-bond acceptors (Lipinski definition) is 2. The van der Waals surface area contributed by atoms with Crippen LogP contribution < -0.4 is 5.32 Å². The standard InChI is InChI=1S/C15H22BrNS/c1-2-9-17-13-6-4-8-15(11-13)18-14-7-3-5-12(16)10-14/h3,5,7,10,13,15,17H,2,4,6,8-9,11H2,1H3. The average Bonchev–Trinajstić information content (AvgIpc) is 2.37. The van der Waals surface area contributed by atoms with Crippen LogP contribution in [0.5, 0.6) is 0 Å². The molecule has 1 aliphatic rings. The van der Waals surface area contributed by atoms with Crippen molar-refractivity contribution in [1.82, 2.24) is 5.32 Å². The molecule has 0 aliphatic heterocycles. The van der Waals surface area contributed by atoms with Crippen LogP contribution in [0, 0.1) is 0 Å². The van der Waals surface area contributed by atoms with Gasteiger partial charge in [0.2, 0.25) is 0 Å². The summed E-state index contributed by atoms with van der Waals surface area (Å²) >= 11 is 5.59. The summed E-state index contributed by atoms with van der Waals surface area (Å²) in [5.74, 6) is 0. The van der Waals surface area contributed by atoms with Gasteiger partial charge in [-0.25, -0.2) is 0 Å². The second kappa shape index (κ2) is 7.56. The Labute approximate surface area is 123 Å². The lowest BCUT2D eigenvalue weighted by atomic mass is 9.95. The zero-order valence-corrected chi connectivity index (χ0v) is 13.4. The third-order valence-corrected chi connectivity index (χ3v) is 5.19. The first kappa shape index (κ1) is 14.4. The lowest BCUT2D eigenvalue weighted by Crippen LogP contribution is -2.35. The fraction of sp³-hybridized carbons (Fsp3) is 0.600.